The number of carbonyl (C=O) groups is 1. The molecule has 1 aliphatic carbocycles. The summed E-state index contributed by atoms with van der Waals surface area (Å²) in [5.74, 6) is -0.399. The molecular formula is C14H19ClN2O2. The van der Waals surface area contributed by atoms with Crippen molar-refractivity contribution in [1.29, 1.82) is 0 Å². The Balaban J connectivity index is 2.07. The molecule has 2 atom stereocenters. The average molecular weight is 283 g/mol. The molecule has 0 saturated heterocycles. The average Bonchev–Trinajstić information content (AvgIpc) is 2.55. The summed E-state index contributed by atoms with van der Waals surface area (Å²) in [6, 6.07) is 4.44. The maximum Gasteiger partial charge on any atom is 0.255 e. The summed E-state index contributed by atoms with van der Waals surface area (Å²) in [5.41, 5.74) is 6.31. The second-order valence-electron chi connectivity index (χ2n) is 5.04. The van der Waals surface area contributed by atoms with Crippen molar-refractivity contribution in [2.24, 2.45) is 5.73 Å². The Morgan fingerprint density at radius 3 is 2.79 bits per heavy atom. The number of rotatable bonds is 2. The summed E-state index contributed by atoms with van der Waals surface area (Å²) in [6.45, 7) is 0. The van der Waals surface area contributed by atoms with Crippen LogP contribution in [0.4, 0.5) is 0 Å². The first-order valence-corrected chi connectivity index (χ1v) is 7.00. The van der Waals surface area contributed by atoms with Crippen LogP contribution in [0.5, 0.6) is 5.75 Å². The van der Waals surface area contributed by atoms with Crippen LogP contribution in [0.2, 0.25) is 5.02 Å². The van der Waals surface area contributed by atoms with Crippen LogP contribution < -0.4 is 11.1 Å². The number of hydrogen-bond donors (Lipinski definition) is 3. The van der Waals surface area contributed by atoms with E-state index in [1.54, 1.807) is 6.07 Å². The molecule has 1 saturated carbocycles. The van der Waals surface area contributed by atoms with Crippen LogP contribution in [0.25, 0.3) is 0 Å². The van der Waals surface area contributed by atoms with Crippen molar-refractivity contribution in [2.75, 3.05) is 0 Å². The lowest BCUT2D eigenvalue weighted by molar-refractivity contribution is 0.0926. The van der Waals surface area contributed by atoms with Gasteiger partial charge in [-0.3, -0.25) is 4.79 Å². The molecule has 0 radical (unpaired) electrons. The quantitative estimate of drug-likeness (QED) is 0.729. The Morgan fingerprint density at radius 2 is 2.05 bits per heavy atom. The van der Waals surface area contributed by atoms with E-state index in [1.807, 2.05) is 0 Å². The number of hydrogen-bond acceptors (Lipinski definition) is 3. The number of halogens is 1. The number of nitrogens with one attached hydrogen (secondary N) is 1. The fourth-order valence-corrected chi connectivity index (χ4v) is 2.62. The largest absolute Gasteiger partial charge is 0.507 e. The molecule has 4 N–H and O–H groups in total. The van der Waals surface area contributed by atoms with E-state index in [0.717, 1.165) is 32.1 Å². The van der Waals surface area contributed by atoms with Crippen molar-refractivity contribution in [3.05, 3.63) is 28.8 Å². The van der Waals surface area contributed by atoms with Crippen LogP contribution in [0, 0.1) is 0 Å². The highest BCUT2D eigenvalue weighted by Gasteiger charge is 2.23. The van der Waals surface area contributed by atoms with Gasteiger partial charge in [0.25, 0.3) is 5.91 Å². The third-order valence-corrected chi connectivity index (χ3v) is 3.83. The molecule has 0 heterocycles. The Kier molecular flexibility index (Phi) is 4.66. The van der Waals surface area contributed by atoms with Crippen LogP contribution >= 0.6 is 11.6 Å². The van der Waals surface area contributed by atoms with E-state index in [1.165, 1.54) is 12.1 Å². The van der Waals surface area contributed by atoms with Crippen LogP contribution in [-0.2, 0) is 0 Å². The smallest absolute Gasteiger partial charge is 0.255 e. The van der Waals surface area contributed by atoms with Crippen molar-refractivity contribution in [2.45, 2.75) is 44.2 Å². The minimum Gasteiger partial charge on any atom is -0.507 e. The molecule has 4 nitrogen and oxygen atoms in total. The van der Waals surface area contributed by atoms with Gasteiger partial charge in [-0.1, -0.05) is 30.9 Å². The van der Waals surface area contributed by atoms with Gasteiger partial charge in [-0.25, -0.2) is 0 Å². The summed E-state index contributed by atoms with van der Waals surface area (Å²) in [4.78, 5) is 12.1. The minimum atomic E-state index is -0.295. The van der Waals surface area contributed by atoms with E-state index >= 15 is 0 Å². The predicted octanol–water partition coefficient (Wildman–Crippen LogP) is 2.44. The van der Waals surface area contributed by atoms with Crippen molar-refractivity contribution >= 4 is 17.5 Å². The van der Waals surface area contributed by atoms with Gasteiger partial charge in [0.05, 0.1) is 5.56 Å². The zero-order chi connectivity index (χ0) is 13.8. The molecule has 19 heavy (non-hydrogen) atoms. The first-order valence-electron chi connectivity index (χ1n) is 6.63. The van der Waals surface area contributed by atoms with E-state index in [9.17, 15) is 9.90 Å². The second-order valence-corrected chi connectivity index (χ2v) is 5.48. The number of carbonyl (C=O) groups excluding carboxylic acids is 1. The van der Waals surface area contributed by atoms with Gasteiger partial charge in [-0.15, -0.1) is 0 Å². The number of phenols is 1. The topological polar surface area (TPSA) is 75.3 Å². The van der Waals surface area contributed by atoms with Gasteiger partial charge in [-0.05, 0) is 31.0 Å². The zero-order valence-corrected chi connectivity index (χ0v) is 11.5. The van der Waals surface area contributed by atoms with Crippen LogP contribution in [0.15, 0.2) is 18.2 Å². The first kappa shape index (κ1) is 14.2. The monoisotopic (exact) mass is 282 g/mol. The second kappa shape index (κ2) is 6.26. The van der Waals surface area contributed by atoms with Crippen LogP contribution in [0.3, 0.4) is 0 Å². The maximum absolute atomic E-state index is 12.1. The van der Waals surface area contributed by atoms with Gasteiger partial charge in [0, 0.05) is 17.1 Å². The van der Waals surface area contributed by atoms with E-state index < -0.39 is 0 Å². The lowest BCUT2D eigenvalue weighted by atomic mass is 10.0. The molecule has 0 aromatic heterocycles. The summed E-state index contributed by atoms with van der Waals surface area (Å²) in [7, 11) is 0. The van der Waals surface area contributed by atoms with Gasteiger partial charge in [0.2, 0.25) is 0 Å². The van der Waals surface area contributed by atoms with Crippen LogP contribution in [0.1, 0.15) is 42.5 Å². The zero-order valence-electron chi connectivity index (χ0n) is 10.7. The van der Waals surface area contributed by atoms with Crippen molar-refractivity contribution in [1.82, 2.24) is 5.32 Å². The number of amides is 1. The SMILES string of the molecule is NC1CCCCCC1NC(=O)c1ccc(Cl)cc1O. The molecule has 5 heteroatoms. The van der Waals surface area contributed by atoms with E-state index in [2.05, 4.69) is 5.32 Å². The highest BCUT2D eigenvalue weighted by atomic mass is 35.5. The van der Waals surface area contributed by atoms with Crippen LogP contribution in [-0.4, -0.2) is 23.1 Å². The molecule has 0 bridgehead atoms. The van der Waals surface area contributed by atoms with Gasteiger partial charge >= 0.3 is 0 Å². The van der Waals surface area contributed by atoms with Gasteiger partial charge in [-0.2, -0.15) is 0 Å². The van der Waals surface area contributed by atoms with E-state index in [0.29, 0.717) is 5.02 Å². The van der Waals surface area contributed by atoms with E-state index in [4.69, 9.17) is 17.3 Å². The van der Waals surface area contributed by atoms with Crippen molar-refractivity contribution in [3.63, 3.8) is 0 Å². The Hall–Kier alpha value is -1.26. The highest BCUT2D eigenvalue weighted by Crippen LogP contribution is 2.23. The molecular weight excluding hydrogens is 264 g/mol. The number of phenolic OH excluding ortho intramolecular Hbond substituents is 1. The fourth-order valence-electron chi connectivity index (χ4n) is 2.46. The molecule has 2 unspecified atom stereocenters. The Morgan fingerprint density at radius 1 is 1.32 bits per heavy atom. The summed E-state index contributed by atoms with van der Waals surface area (Å²) >= 11 is 5.75. The molecule has 0 aliphatic heterocycles. The molecule has 2 rings (SSSR count). The first-order chi connectivity index (χ1) is 9.08. The summed E-state index contributed by atoms with van der Waals surface area (Å²) in [5, 5.41) is 13.1. The molecule has 1 aromatic rings. The van der Waals surface area contributed by atoms with Crippen molar-refractivity contribution < 1.29 is 9.90 Å². The fraction of sp³-hybridized carbons (Fsp3) is 0.500. The molecule has 1 aliphatic rings. The Labute approximate surface area is 117 Å². The van der Waals surface area contributed by atoms with E-state index in [-0.39, 0.29) is 29.3 Å². The van der Waals surface area contributed by atoms with Gasteiger partial charge in [0.1, 0.15) is 5.75 Å². The number of nitrogens with two attached hydrogens (primary N) is 1. The lowest BCUT2D eigenvalue weighted by Gasteiger charge is -2.22. The number of aromatic hydroxyl groups is 1. The minimum absolute atomic E-state index is 0.0131. The summed E-state index contributed by atoms with van der Waals surface area (Å²) < 4.78 is 0. The van der Waals surface area contributed by atoms with Gasteiger partial charge in [0.15, 0.2) is 0 Å². The Bertz CT molecular complexity index is 465. The molecule has 1 aromatic carbocycles. The third kappa shape index (κ3) is 3.61. The summed E-state index contributed by atoms with van der Waals surface area (Å²) in [6.07, 6.45) is 5.16. The molecule has 0 spiro atoms. The number of benzene rings is 1. The normalized spacial score (nSPS) is 23.7. The standard InChI is InChI=1S/C14H19ClN2O2/c15-9-6-7-10(13(18)8-9)14(19)17-12-5-3-1-2-4-11(12)16/h6-8,11-12,18H,1-5,16H2,(H,17,19). The molecule has 1 fully saturated rings. The lowest BCUT2D eigenvalue weighted by Crippen LogP contribution is -2.46. The van der Waals surface area contributed by atoms with Gasteiger partial charge < -0.3 is 16.2 Å². The van der Waals surface area contributed by atoms with Crippen molar-refractivity contribution in [3.8, 4) is 5.75 Å². The highest BCUT2D eigenvalue weighted by molar-refractivity contribution is 6.30. The molecule has 104 valence electrons. The predicted molar refractivity (Wildman–Crippen MR) is 75.4 cm³/mol. The maximum atomic E-state index is 12.1. The molecule has 1 amide bonds. The third-order valence-electron chi connectivity index (χ3n) is 3.59.